The Bertz CT molecular complexity index is 1040. The average Bonchev–Trinajstić information content (AvgIpc) is 3.42. The summed E-state index contributed by atoms with van der Waals surface area (Å²) < 4.78 is 21.7. The number of anilines is 1. The third kappa shape index (κ3) is 3.01. The van der Waals surface area contributed by atoms with Crippen molar-refractivity contribution in [3.63, 3.8) is 0 Å². The van der Waals surface area contributed by atoms with Crippen molar-refractivity contribution in [3.8, 4) is 0 Å². The zero-order chi connectivity index (χ0) is 20.0. The minimum atomic E-state index is -1.33. The van der Waals surface area contributed by atoms with E-state index < -0.39 is 17.2 Å². The molecule has 2 aliphatic rings. The van der Waals surface area contributed by atoms with Gasteiger partial charge in [-0.1, -0.05) is 0 Å². The molecule has 3 heterocycles. The Morgan fingerprint density at radius 1 is 1.50 bits per heavy atom. The Morgan fingerprint density at radius 2 is 2.25 bits per heavy atom. The monoisotopic (exact) mass is 388 g/mol. The highest BCUT2D eigenvalue weighted by molar-refractivity contribution is 5.92. The number of methoxy groups -OCH3 is 1. The van der Waals surface area contributed by atoms with Gasteiger partial charge in [-0.05, 0) is 24.5 Å². The zero-order valence-corrected chi connectivity index (χ0v) is 15.4. The van der Waals surface area contributed by atoms with Crippen LogP contribution in [0.4, 0.5) is 10.2 Å². The van der Waals surface area contributed by atoms with E-state index in [2.05, 4.69) is 4.98 Å². The average molecular weight is 388 g/mol. The molecule has 0 aromatic carbocycles. The SMILES string of the molecule is COC=C1CN(c2nc3c(cc2F)c(=O)c(C(=O)O)cn3C2CC2)CC1CN. The maximum atomic E-state index is 14.9. The molecule has 0 bridgehead atoms. The smallest absolute Gasteiger partial charge is 0.341 e. The molecule has 8 nitrogen and oxygen atoms in total. The number of halogens is 1. The molecule has 1 saturated heterocycles. The molecule has 9 heteroatoms. The lowest BCUT2D eigenvalue weighted by Crippen LogP contribution is -2.26. The van der Waals surface area contributed by atoms with Gasteiger partial charge in [0.25, 0.3) is 0 Å². The van der Waals surface area contributed by atoms with E-state index in [1.807, 2.05) is 0 Å². The van der Waals surface area contributed by atoms with Gasteiger partial charge in [-0.25, -0.2) is 14.2 Å². The molecule has 2 aromatic heterocycles. The van der Waals surface area contributed by atoms with Crippen LogP contribution in [0.3, 0.4) is 0 Å². The summed E-state index contributed by atoms with van der Waals surface area (Å²) in [6, 6.07) is 1.17. The fourth-order valence-electron chi connectivity index (χ4n) is 3.71. The molecule has 3 N–H and O–H groups in total. The number of hydrogen-bond donors (Lipinski definition) is 2. The van der Waals surface area contributed by atoms with Gasteiger partial charge >= 0.3 is 5.97 Å². The Hall–Kier alpha value is -2.94. The molecule has 0 spiro atoms. The van der Waals surface area contributed by atoms with Crippen molar-refractivity contribution in [2.45, 2.75) is 18.9 Å². The number of rotatable bonds is 5. The predicted molar refractivity (Wildman–Crippen MR) is 101 cm³/mol. The number of carboxylic acid groups (broad SMARTS) is 1. The second-order valence-electron chi connectivity index (χ2n) is 7.22. The number of aromatic nitrogens is 2. The normalized spacial score (nSPS) is 20.9. The lowest BCUT2D eigenvalue weighted by molar-refractivity contribution is 0.0695. The topological polar surface area (TPSA) is 111 Å². The van der Waals surface area contributed by atoms with Gasteiger partial charge in [-0.3, -0.25) is 4.79 Å². The first-order valence-electron chi connectivity index (χ1n) is 9.10. The standard InChI is InChI=1S/C19H21FN4O4/c1-28-9-11-7-23(6-10(11)5-21)18-15(20)4-13-16(25)14(19(26)27)8-24(12-2-3-12)17(13)22-18/h4,8-10,12H,2-3,5-7,21H2,1H3,(H,26,27). The maximum absolute atomic E-state index is 14.9. The summed E-state index contributed by atoms with van der Waals surface area (Å²) in [5, 5.41) is 9.30. The van der Waals surface area contributed by atoms with E-state index in [9.17, 15) is 19.1 Å². The van der Waals surface area contributed by atoms with E-state index in [-0.39, 0.29) is 28.7 Å². The van der Waals surface area contributed by atoms with Crippen molar-refractivity contribution >= 4 is 22.8 Å². The number of carbonyl (C=O) groups is 1. The third-order valence-electron chi connectivity index (χ3n) is 5.30. The van der Waals surface area contributed by atoms with Gasteiger partial charge in [0.05, 0.1) is 18.8 Å². The van der Waals surface area contributed by atoms with Crippen LogP contribution in [0.15, 0.2) is 28.9 Å². The summed E-state index contributed by atoms with van der Waals surface area (Å²) in [7, 11) is 1.55. The lowest BCUT2D eigenvalue weighted by Gasteiger charge is -2.19. The van der Waals surface area contributed by atoms with Crippen LogP contribution in [0.1, 0.15) is 29.2 Å². The summed E-state index contributed by atoms with van der Waals surface area (Å²) in [5.74, 6) is -1.84. The maximum Gasteiger partial charge on any atom is 0.341 e. The molecule has 2 aromatic rings. The van der Waals surface area contributed by atoms with Gasteiger partial charge in [0.2, 0.25) is 5.43 Å². The Morgan fingerprint density at radius 3 is 2.86 bits per heavy atom. The first-order valence-corrected chi connectivity index (χ1v) is 9.10. The Kier molecular flexibility index (Phi) is 4.54. The fraction of sp³-hybridized carbons (Fsp3) is 0.421. The fourth-order valence-corrected chi connectivity index (χ4v) is 3.71. The van der Waals surface area contributed by atoms with Gasteiger partial charge in [-0.2, -0.15) is 0 Å². The minimum absolute atomic E-state index is 0.0183. The molecule has 0 radical (unpaired) electrons. The van der Waals surface area contributed by atoms with Gasteiger partial charge in [0.1, 0.15) is 11.2 Å². The predicted octanol–water partition coefficient (Wildman–Crippen LogP) is 1.49. The van der Waals surface area contributed by atoms with Crippen LogP contribution in [0.2, 0.25) is 0 Å². The third-order valence-corrected chi connectivity index (χ3v) is 5.30. The molecule has 0 amide bonds. The molecule has 1 atom stereocenters. The van der Waals surface area contributed by atoms with Crippen LogP contribution in [0, 0.1) is 11.7 Å². The number of ether oxygens (including phenoxy) is 1. The van der Waals surface area contributed by atoms with Crippen LogP contribution in [0.5, 0.6) is 0 Å². The van der Waals surface area contributed by atoms with Crippen molar-refractivity contribution in [2.24, 2.45) is 11.7 Å². The van der Waals surface area contributed by atoms with E-state index in [4.69, 9.17) is 10.5 Å². The number of carboxylic acids is 1. The minimum Gasteiger partial charge on any atom is -0.504 e. The molecule has 4 rings (SSSR count). The van der Waals surface area contributed by atoms with E-state index >= 15 is 0 Å². The summed E-state index contributed by atoms with van der Waals surface area (Å²) in [4.78, 5) is 30.2. The second-order valence-corrected chi connectivity index (χ2v) is 7.22. The van der Waals surface area contributed by atoms with Crippen molar-refractivity contribution in [1.29, 1.82) is 0 Å². The molecule has 1 aliphatic heterocycles. The lowest BCUT2D eigenvalue weighted by atomic mass is 10.1. The van der Waals surface area contributed by atoms with Crippen LogP contribution in [-0.4, -0.2) is 47.4 Å². The Balaban J connectivity index is 1.86. The number of pyridine rings is 2. The van der Waals surface area contributed by atoms with E-state index in [1.165, 1.54) is 6.20 Å². The first-order chi connectivity index (χ1) is 13.4. The van der Waals surface area contributed by atoms with E-state index in [1.54, 1.807) is 22.8 Å². The summed E-state index contributed by atoms with van der Waals surface area (Å²) in [6.07, 6.45) is 4.67. The molecule has 28 heavy (non-hydrogen) atoms. The van der Waals surface area contributed by atoms with Gasteiger partial charge in [0.15, 0.2) is 11.6 Å². The largest absolute Gasteiger partial charge is 0.504 e. The highest BCUT2D eigenvalue weighted by atomic mass is 19.1. The van der Waals surface area contributed by atoms with Crippen LogP contribution in [0.25, 0.3) is 11.0 Å². The highest BCUT2D eigenvalue weighted by Crippen LogP contribution is 2.37. The first kappa shape index (κ1) is 18.4. The van der Waals surface area contributed by atoms with E-state index in [0.29, 0.717) is 25.3 Å². The number of hydrogen-bond acceptors (Lipinski definition) is 6. The quantitative estimate of drug-likeness (QED) is 0.747. The van der Waals surface area contributed by atoms with Crippen molar-refractivity contribution < 1.29 is 19.0 Å². The van der Waals surface area contributed by atoms with Crippen LogP contribution in [-0.2, 0) is 4.74 Å². The molecule has 1 unspecified atom stereocenters. The van der Waals surface area contributed by atoms with E-state index in [0.717, 1.165) is 24.5 Å². The zero-order valence-electron chi connectivity index (χ0n) is 15.4. The van der Waals surface area contributed by atoms with Gasteiger partial charge in [0, 0.05) is 37.8 Å². The Labute approximate surface area is 160 Å². The highest BCUT2D eigenvalue weighted by Gasteiger charge is 2.32. The van der Waals surface area contributed by atoms with Gasteiger partial charge < -0.3 is 25.0 Å². The number of fused-ring (bicyclic) bond motifs is 1. The number of aromatic carboxylic acids is 1. The molecular formula is C19H21FN4O4. The molecule has 1 saturated carbocycles. The second kappa shape index (κ2) is 6.90. The van der Waals surface area contributed by atoms with Gasteiger partial charge in [-0.15, -0.1) is 0 Å². The number of nitrogens with two attached hydrogens (primary N) is 1. The molecule has 2 fully saturated rings. The summed E-state index contributed by atoms with van der Waals surface area (Å²) in [6.45, 7) is 1.31. The number of nitrogens with zero attached hydrogens (tertiary/aromatic N) is 3. The van der Waals surface area contributed by atoms with Crippen LogP contribution < -0.4 is 16.1 Å². The van der Waals surface area contributed by atoms with Crippen molar-refractivity contribution in [3.05, 3.63) is 45.7 Å². The molecule has 148 valence electrons. The van der Waals surface area contributed by atoms with Crippen molar-refractivity contribution in [2.75, 3.05) is 31.6 Å². The molecule has 1 aliphatic carbocycles. The van der Waals surface area contributed by atoms with Crippen molar-refractivity contribution in [1.82, 2.24) is 9.55 Å². The van der Waals surface area contributed by atoms with Crippen LogP contribution >= 0.6 is 0 Å². The molecular weight excluding hydrogens is 367 g/mol. The summed E-state index contributed by atoms with van der Waals surface area (Å²) in [5.41, 5.74) is 5.99. The summed E-state index contributed by atoms with van der Waals surface area (Å²) >= 11 is 0.